The predicted octanol–water partition coefficient (Wildman–Crippen LogP) is 4.75. The van der Waals surface area contributed by atoms with Gasteiger partial charge in [-0.25, -0.2) is 4.98 Å². The zero-order chi connectivity index (χ0) is 48.0. The van der Waals surface area contributed by atoms with Gasteiger partial charge >= 0.3 is 0 Å². The van der Waals surface area contributed by atoms with E-state index in [2.05, 4.69) is 66.9 Å². The molecule has 2 fully saturated rings. The van der Waals surface area contributed by atoms with Crippen LogP contribution in [0, 0.1) is 0 Å². The molecule has 0 bridgehead atoms. The Morgan fingerprint density at radius 3 is 2.28 bits per heavy atom. The summed E-state index contributed by atoms with van der Waals surface area (Å²) in [5, 5.41) is 13.5. The highest BCUT2D eigenvalue weighted by Gasteiger charge is 2.45. The Hall–Kier alpha value is -7.70. The number of unbranched alkanes of at least 4 members (excludes halogenated alkanes) is 1. The van der Waals surface area contributed by atoms with Gasteiger partial charge in [-0.3, -0.25) is 48.7 Å². The lowest BCUT2D eigenvalue weighted by atomic mass is 10.00. The Morgan fingerprint density at radius 1 is 0.812 bits per heavy atom. The van der Waals surface area contributed by atoms with Crippen LogP contribution in [0.3, 0.4) is 0 Å². The van der Waals surface area contributed by atoms with Gasteiger partial charge in [0.25, 0.3) is 29.5 Å². The number of piperidine rings is 1. The SMILES string of the molecule is C=C1CCC(N2C(=O)c3cccc(OCC(=O)NCCCCNC(=O)CN4CCN(c5ccc(-c6ccc7c(c6)C(=O)N(C(C(=O)Nc6nccs6)c6ccccc6)C7)cc5)CC4)c3C2=O)C(=O)N1. The first-order chi connectivity index (χ1) is 33.5. The molecule has 354 valence electrons. The third kappa shape index (κ3) is 10.3. The molecule has 9 rings (SSSR count). The van der Waals surface area contributed by atoms with Crippen molar-refractivity contribution in [2.45, 2.75) is 44.3 Å². The molecule has 7 amide bonds. The number of anilines is 2. The topological polar surface area (TPSA) is 203 Å². The Balaban J connectivity index is 0.678. The standard InChI is InChI=1S/C51H51N9O8S/c1-32-12-19-40(46(63)55-32)60-49(66)38-10-7-11-41(44(38)50(60)67)68-31-43(62)53-21-6-5-20-52-42(61)30-57-23-25-58(26-24-57)37-17-15-33(16-18-37)35-13-14-36-29-59(48(65)39(36)28-35)45(34-8-3-2-4-9-34)47(64)56-51-54-22-27-69-51/h2-4,7-11,13-18,22,27-28,40,45H,1,5-6,12,19-21,23-26,29-31H2,(H,52,61)(H,53,62)(H,55,63)(H,54,56,64). The van der Waals surface area contributed by atoms with E-state index in [-0.39, 0.29) is 54.2 Å². The first-order valence-electron chi connectivity index (χ1n) is 22.9. The van der Waals surface area contributed by atoms with E-state index in [0.29, 0.717) is 55.3 Å². The molecule has 2 unspecified atom stereocenters. The number of fused-ring (bicyclic) bond motifs is 2. The van der Waals surface area contributed by atoms with Gasteiger partial charge in [-0.1, -0.05) is 67.2 Å². The van der Waals surface area contributed by atoms with Gasteiger partial charge in [0.1, 0.15) is 17.8 Å². The second-order valence-electron chi connectivity index (χ2n) is 17.3. The molecular weight excluding hydrogens is 899 g/mol. The highest BCUT2D eigenvalue weighted by atomic mass is 32.1. The number of rotatable bonds is 17. The summed E-state index contributed by atoms with van der Waals surface area (Å²) in [5.41, 5.74) is 5.80. The number of carbonyl (C=O) groups excluding carboxylic acids is 7. The van der Waals surface area contributed by atoms with E-state index in [0.717, 1.165) is 59.0 Å². The second kappa shape index (κ2) is 20.7. The monoisotopic (exact) mass is 949 g/mol. The lowest BCUT2D eigenvalue weighted by Gasteiger charge is -2.35. The van der Waals surface area contributed by atoms with Crippen molar-refractivity contribution in [1.82, 2.24) is 35.6 Å². The van der Waals surface area contributed by atoms with Crippen LogP contribution in [0.4, 0.5) is 10.8 Å². The molecule has 17 nitrogen and oxygen atoms in total. The maximum absolute atomic E-state index is 14.0. The highest BCUT2D eigenvalue weighted by molar-refractivity contribution is 7.13. The van der Waals surface area contributed by atoms with E-state index in [1.807, 2.05) is 48.5 Å². The summed E-state index contributed by atoms with van der Waals surface area (Å²) in [6.45, 7) is 7.76. The van der Waals surface area contributed by atoms with Gasteiger partial charge in [0.15, 0.2) is 11.7 Å². The Labute approximate surface area is 402 Å². The first-order valence-corrected chi connectivity index (χ1v) is 23.8. The van der Waals surface area contributed by atoms with E-state index in [1.165, 1.54) is 23.5 Å². The van der Waals surface area contributed by atoms with E-state index < -0.39 is 35.7 Å². The van der Waals surface area contributed by atoms with Gasteiger partial charge in [-0.15, -0.1) is 11.3 Å². The summed E-state index contributed by atoms with van der Waals surface area (Å²) in [6.07, 6.45) is 3.62. The first kappa shape index (κ1) is 46.4. The molecule has 1 aromatic heterocycles. The van der Waals surface area contributed by atoms with Crippen molar-refractivity contribution >= 4 is 63.5 Å². The molecule has 4 N–H and O–H groups in total. The zero-order valence-electron chi connectivity index (χ0n) is 37.8. The van der Waals surface area contributed by atoms with Gasteiger partial charge in [0, 0.05) is 74.3 Å². The Bertz CT molecular complexity index is 2790. The number of allylic oxidation sites excluding steroid dienone is 1. The van der Waals surface area contributed by atoms with Gasteiger partial charge in [-0.05, 0) is 78.3 Å². The van der Waals surface area contributed by atoms with Crippen molar-refractivity contribution in [2.24, 2.45) is 0 Å². The molecule has 5 aromatic rings. The third-order valence-electron chi connectivity index (χ3n) is 12.7. The van der Waals surface area contributed by atoms with Crippen LogP contribution < -0.4 is 30.9 Å². The van der Waals surface area contributed by atoms with Crippen LogP contribution in [0.1, 0.15) is 73.9 Å². The third-order valence-corrected chi connectivity index (χ3v) is 13.4. The average Bonchev–Trinajstić information content (AvgIpc) is 4.06. The largest absolute Gasteiger partial charge is 0.483 e. The zero-order valence-corrected chi connectivity index (χ0v) is 38.6. The molecule has 0 saturated carbocycles. The lowest BCUT2D eigenvalue weighted by molar-refractivity contribution is -0.125. The van der Waals surface area contributed by atoms with Crippen LogP contribution in [0.5, 0.6) is 5.75 Å². The van der Waals surface area contributed by atoms with E-state index in [1.54, 1.807) is 22.5 Å². The molecular formula is C51H51N9O8S. The lowest BCUT2D eigenvalue weighted by Crippen LogP contribution is -2.51. The normalized spacial score (nSPS) is 17.3. The number of hydrogen-bond acceptors (Lipinski definition) is 12. The molecule has 2 atom stereocenters. The minimum atomic E-state index is -0.952. The number of nitrogens with one attached hydrogen (secondary N) is 4. The van der Waals surface area contributed by atoms with Crippen LogP contribution >= 0.6 is 11.3 Å². The predicted molar refractivity (Wildman–Crippen MR) is 258 cm³/mol. The maximum atomic E-state index is 14.0. The highest BCUT2D eigenvalue weighted by Crippen LogP contribution is 2.36. The average molecular weight is 950 g/mol. The minimum Gasteiger partial charge on any atom is -0.483 e. The maximum Gasteiger partial charge on any atom is 0.266 e. The quantitative estimate of drug-likeness (QED) is 0.0741. The van der Waals surface area contributed by atoms with Crippen LogP contribution in [-0.4, -0.2) is 119 Å². The number of ether oxygens (including phenoxy) is 1. The van der Waals surface area contributed by atoms with E-state index >= 15 is 0 Å². The molecule has 18 heteroatoms. The molecule has 0 radical (unpaired) electrons. The van der Waals surface area contributed by atoms with Crippen molar-refractivity contribution in [3.63, 3.8) is 0 Å². The smallest absolute Gasteiger partial charge is 0.266 e. The summed E-state index contributed by atoms with van der Waals surface area (Å²) in [7, 11) is 0. The summed E-state index contributed by atoms with van der Waals surface area (Å²) < 4.78 is 5.68. The number of piperazine rings is 1. The van der Waals surface area contributed by atoms with Gasteiger partial charge in [0.2, 0.25) is 11.8 Å². The number of amides is 7. The molecule has 69 heavy (non-hydrogen) atoms. The summed E-state index contributed by atoms with van der Waals surface area (Å²) >= 11 is 1.32. The number of nitrogens with zero attached hydrogens (tertiary/aromatic N) is 5. The summed E-state index contributed by atoms with van der Waals surface area (Å²) in [4.78, 5) is 103. The Kier molecular flexibility index (Phi) is 13.9. The Morgan fingerprint density at radius 2 is 1.55 bits per heavy atom. The molecule has 0 aliphatic carbocycles. The van der Waals surface area contributed by atoms with E-state index in [9.17, 15) is 33.6 Å². The van der Waals surface area contributed by atoms with Crippen molar-refractivity contribution in [3.05, 3.63) is 143 Å². The summed E-state index contributed by atoms with van der Waals surface area (Å²) in [5.74, 6) is -2.58. The fourth-order valence-electron chi connectivity index (χ4n) is 9.15. The fraction of sp³-hybridized carbons (Fsp3) is 0.294. The molecule has 4 aliphatic rings. The number of carbonyl (C=O) groups is 7. The van der Waals surface area contributed by atoms with Crippen LogP contribution in [0.15, 0.2) is 115 Å². The number of imide groups is 1. The molecule has 5 heterocycles. The molecule has 2 saturated heterocycles. The minimum absolute atomic E-state index is 0.0320. The van der Waals surface area contributed by atoms with Gasteiger partial charge < -0.3 is 30.5 Å². The summed E-state index contributed by atoms with van der Waals surface area (Å²) in [6, 6.07) is 26.3. The van der Waals surface area contributed by atoms with Crippen molar-refractivity contribution < 1.29 is 38.3 Å². The second-order valence-corrected chi connectivity index (χ2v) is 18.2. The number of aromatic nitrogens is 1. The number of thiazole rings is 1. The fourth-order valence-corrected chi connectivity index (χ4v) is 9.68. The van der Waals surface area contributed by atoms with Crippen molar-refractivity contribution in [1.29, 1.82) is 0 Å². The van der Waals surface area contributed by atoms with Gasteiger partial charge in [0.05, 0.1) is 17.7 Å². The van der Waals surface area contributed by atoms with Crippen LogP contribution in [0.25, 0.3) is 11.1 Å². The van der Waals surface area contributed by atoms with Crippen molar-refractivity contribution in [3.8, 4) is 16.9 Å². The van der Waals surface area contributed by atoms with E-state index in [4.69, 9.17) is 4.74 Å². The molecule has 4 aliphatic heterocycles. The van der Waals surface area contributed by atoms with Crippen LogP contribution in [-0.2, 0) is 25.7 Å². The molecule has 4 aromatic carbocycles. The van der Waals surface area contributed by atoms with Crippen LogP contribution in [0.2, 0.25) is 0 Å². The van der Waals surface area contributed by atoms with Crippen molar-refractivity contribution in [2.75, 3.05) is 62.6 Å². The van der Waals surface area contributed by atoms with Gasteiger partial charge in [-0.2, -0.15) is 0 Å². The number of benzene rings is 4. The number of hydrogen-bond donors (Lipinski definition) is 4. The molecule has 0 spiro atoms.